The lowest BCUT2D eigenvalue weighted by molar-refractivity contribution is 0.387. The highest BCUT2D eigenvalue weighted by atomic mass is 16.6. The minimum atomic E-state index is 0.639. The summed E-state index contributed by atoms with van der Waals surface area (Å²) in [5.41, 5.74) is 0. The summed E-state index contributed by atoms with van der Waals surface area (Å²) in [4.78, 5) is 0. The molecule has 1 fully saturated rings. The minimum absolute atomic E-state index is 0.639. The zero-order valence-electron chi connectivity index (χ0n) is 13.7. The van der Waals surface area contributed by atoms with Gasteiger partial charge in [0.2, 0.25) is 0 Å². The summed E-state index contributed by atoms with van der Waals surface area (Å²) in [5, 5.41) is 0. The molecule has 20 heavy (non-hydrogen) atoms. The van der Waals surface area contributed by atoms with Crippen LogP contribution in [0.4, 0.5) is 0 Å². The van der Waals surface area contributed by atoms with E-state index in [0.717, 1.165) is 6.61 Å². The fourth-order valence-electron chi connectivity index (χ4n) is 2.68. The molecule has 0 unspecified atom stereocenters. The van der Waals surface area contributed by atoms with Crippen LogP contribution < -0.4 is 0 Å². The minimum Gasteiger partial charge on any atom is -0.373 e. The van der Waals surface area contributed by atoms with Crippen LogP contribution in [0, 0.1) is 0 Å². The molecular formula is C19H36O. The van der Waals surface area contributed by atoms with Gasteiger partial charge in [-0.15, -0.1) is 0 Å². The molecule has 0 saturated carbocycles. The van der Waals surface area contributed by atoms with Gasteiger partial charge in [-0.05, 0) is 32.1 Å². The molecule has 0 bridgehead atoms. The first-order chi connectivity index (χ1) is 9.93. The van der Waals surface area contributed by atoms with Gasteiger partial charge in [0.15, 0.2) is 0 Å². The molecule has 1 aliphatic heterocycles. The third kappa shape index (κ3) is 12.7. The first-order valence-electron chi connectivity index (χ1n) is 9.20. The normalized spacial score (nSPS) is 17.9. The van der Waals surface area contributed by atoms with Gasteiger partial charge in [0.25, 0.3) is 0 Å². The topological polar surface area (TPSA) is 12.5 Å². The Bertz CT molecular complexity index is 218. The standard InChI is InChI=1S/C19H36O/c1-2-3-4-5-6-7-8-9-10-11-12-13-14-15-16-17-19-18-20-19/h9-10,19H,2-8,11-18H2,1H3/b10-9-/t19-/m1/s1. The molecule has 1 atom stereocenters. The van der Waals surface area contributed by atoms with Gasteiger partial charge in [-0.25, -0.2) is 0 Å². The maximum absolute atomic E-state index is 5.22. The first-order valence-corrected chi connectivity index (χ1v) is 9.20. The molecule has 1 heterocycles. The Balaban J connectivity index is 1.67. The van der Waals surface area contributed by atoms with Crippen LogP contribution in [0.25, 0.3) is 0 Å². The molecule has 0 aliphatic carbocycles. The van der Waals surface area contributed by atoms with Crippen molar-refractivity contribution in [2.45, 2.75) is 103 Å². The zero-order valence-corrected chi connectivity index (χ0v) is 13.7. The van der Waals surface area contributed by atoms with E-state index in [9.17, 15) is 0 Å². The number of ether oxygens (including phenoxy) is 1. The summed E-state index contributed by atoms with van der Waals surface area (Å²) in [6.45, 7) is 3.31. The van der Waals surface area contributed by atoms with Gasteiger partial charge < -0.3 is 4.74 Å². The number of epoxide rings is 1. The molecule has 1 aliphatic rings. The van der Waals surface area contributed by atoms with Crippen molar-refractivity contribution in [3.05, 3.63) is 12.2 Å². The lowest BCUT2D eigenvalue weighted by atomic mass is 10.1. The highest BCUT2D eigenvalue weighted by Crippen LogP contribution is 2.18. The smallest absolute Gasteiger partial charge is 0.0810 e. The third-order valence-corrected chi connectivity index (χ3v) is 4.19. The predicted molar refractivity (Wildman–Crippen MR) is 89.2 cm³/mol. The second-order valence-electron chi connectivity index (χ2n) is 6.33. The van der Waals surface area contributed by atoms with Crippen molar-refractivity contribution in [2.24, 2.45) is 0 Å². The van der Waals surface area contributed by atoms with Crippen LogP contribution in [0.2, 0.25) is 0 Å². The summed E-state index contributed by atoms with van der Waals surface area (Å²) < 4.78 is 5.22. The largest absolute Gasteiger partial charge is 0.373 e. The van der Waals surface area contributed by atoms with Crippen molar-refractivity contribution < 1.29 is 4.74 Å². The summed E-state index contributed by atoms with van der Waals surface area (Å²) >= 11 is 0. The molecule has 0 spiro atoms. The highest BCUT2D eigenvalue weighted by molar-refractivity contribution is 4.81. The maximum Gasteiger partial charge on any atom is 0.0810 e. The molecule has 0 aromatic carbocycles. The molecular weight excluding hydrogens is 244 g/mol. The maximum atomic E-state index is 5.22. The van der Waals surface area contributed by atoms with Crippen LogP contribution in [-0.4, -0.2) is 12.7 Å². The van der Waals surface area contributed by atoms with Crippen molar-refractivity contribution >= 4 is 0 Å². The quantitative estimate of drug-likeness (QED) is 0.191. The number of hydrogen-bond acceptors (Lipinski definition) is 1. The van der Waals surface area contributed by atoms with Gasteiger partial charge in [-0.3, -0.25) is 0 Å². The lowest BCUT2D eigenvalue weighted by Gasteiger charge is -1.99. The van der Waals surface area contributed by atoms with E-state index in [4.69, 9.17) is 4.74 Å². The van der Waals surface area contributed by atoms with Crippen molar-refractivity contribution in [1.29, 1.82) is 0 Å². The van der Waals surface area contributed by atoms with Crippen LogP contribution in [0.5, 0.6) is 0 Å². The molecule has 118 valence electrons. The number of rotatable bonds is 15. The van der Waals surface area contributed by atoms with E-state index in [2.05, 4.69) is 19.1 Å². The van der Waals surface area contributed by atoms with Gasteiger partial charge in [-0.2, -0.15) is 0 Å². The second-order valence-corrected chi connectivity index (χ2v) is 6.33. The molecule has 0 aromatic heterocycles. The van der Waals surface area contributed by atoms with Crippen molar-refractivity contribution in [1.82, 2.24) is 0 Å². The van der Waals surface area contributed by atoms with E-state index in [1.165, 1.54) is 89.9 Å². The highest BCUT2D eigenvalue weighted by Gasteiger charge is 2.20. The third-order valence-electron chi connectivity index (χ3n) is 4.19. The molecule has 0 amide bonds. The fraction of sp³-hybridized carbons (Fsp3) is 0.895. The Morgan fingerprint density at radius 2 is 1.25 bits per heavy atom. The number of allylic oxidation sites excluding steroid dienone is 2. The van der Waals surface area contributed by atoms with E-state index in [0.29, 0.717) is 6.10 Å². The van der Waals surface area contributed by atoms with Crippen LogP contribution >= 0.6 is 0 Å². The SMILES string of the molecule is CCCCCCCC/C=C\CCCCCCC[C@@H]1CO1. The Morgan fingerprint density at radius 1 is 0.750 bits per heavy atom. The van der Waals surface area contributed by atoms with Crippen LogP contribution in [-0.2, 0) is 4.74 Å². The second kappa shape index (κ2) is 13.7. The first kappa shape index (κ1) is 17.8. The molecule has 1 nitrogen and oxygen atoms in total. The molecule has 0 radical (unpaired) electrons. The van der Waals surface area contributed by atoms with E-state index < -0.39 is 0 Å². The number of hydrogen-bond donors (Lipinski definition) is 0. The molecule has 1 heteroatoms. The summed E-state index contributed by atoms with van der Waals surface area (Å²) in [6.07, 6.45) is 24.8. The van der Waals surface area contributed by atoms with Crippen LogP contribution in [0.15, 0.2) is 12.2 Å². The van der Waals surface area contributed by atoms with Gasteiger partial charge in [-0.1, -0.05) is 76.9 Å². The van der Waals surface area contributed by atoms with E-state index in [1.807, 2.05) is 0 Å². The summed E-state index contributed by atoms with van der Waals surface area (Å²) in [7, 11) is 0. The Morgan fingerprint density at radius 3 is 1.80 bits per heavy atom. The average Bonchev–Trinajstić information content (AvgIpc) is 3.27. The monoisotopic (exact) mass is 280 g/mol. The summed E-state index contributed by atoms with van der Waals surface area (Å²) in [6, 6.07) is 0. The molecule has 0 N–H and O–H groups in total. The van der Waals surface area contributed by atoms with Crippen molar-refractivity contribution in [3.63, 3.8) is 0 Å². The van der Waals surface area contributed by atoms with E-state index >= 15 is 0 Å². The lowest BCUT2D eigenvalue weighted by Crippen LogP contribution is -1.85. The van der Waals surface area contributed by atoms with Gasteiger partial charge in [0.1, 0.15) is 0 Å². The number of unbranched alkanes of at least 4 members (excludes halogenated alkanes) is 11. The van der Waals surface area contributed by atoms with Gasteiger partial charge in [0.05, 0.1) is 12.7 Å². The Labute approximate surface area is 127 Å². The van der Waals surface area contributed by atoms with E-state index in [-0.39, 0.29) is 0 Å². The Hall–Kier alpha value is -0.300. The van der Waals surface area contributed by atoms with Crippen molar-refractivity contribution in [2.75, 3.05) is 6.61 Å². The Kier molecular flexibility index (Phi) is 12.1. The van der Waals surface area contributed by atoms with Crippen LogP contribution in [0.3, 0.4) is 0 Å². The van der Waals surface area contributed by atoms with Crippen LogP contribution in [0.1, 0.15) is 96.8 Å². The molecule has 1 saturated heterocycles. The molecule has 0 aromatic rings. The van der Waals surface area contributed by atoms with Crippen molar-refractivity contribution in [3.8, 4) is 0 Å². The summed E-state index contributed by atoms with van der Waals surface area (Å²) in [5.74, 6) is 0. The van der Waals surface area contributed by atoms with E-state index in [1.54, 1.807) is 0 Å². The fourth-order valence-corrected chi connectivity index (χ4v) is 2.68. The average molecular weight is 280 g/mol. The van der Waals surface area contributed by atoms with Gasteiger partial charge >= 0.3 is 0 Å². The predicted octanol–water partition coefficient (Wildman–Crippen LogP) is 6.42. The molecule has 1 rings (SSSR count). The zero-order chi connectivity index (χ0) is 14.3. The van der Waals surface area contributed by atoms with Gasteiger partial charge in [0, 0.05) is 0 Å².